The third-order valence-corrected chi connectivity index (χ3v) is 7.73. The summed E-state index contributed by atoms with van der Waals surface area (Å²) < 4.78 is 0. The molecule has 0 bridgehead atoms. The Bertz CT molecular complexity index is 989. The average molecular weight is 513 g/mol. The molecule has 4 rings (SSSR count). The molecule has 1 saturated heterocycles. The van der Waals surface area contributed by atoms with Crippen LogP contribution in [0, 0.1) is 0 Å². The number of hydrogen-bond acceptors (Lipinski definition) is 6. The Morgan fingerprint density at radius 2 is 1.75 bits per heavy atom. The predicted molar refractivity (Wildman–Crippen MR) is 143 cm³/mol. The Morgan fingerprint density at radius 3 is 2.39 bits per heavy atom. The minimum Gasteiger partial charge on any atom is -0.368 e. The highest BCUT2D eigenvalue weighted by atomic mass is 35.5. The summed E-state index contributed by atoms with van der Waals surface area (Å²) in [5.41, 5.74) is 6.54. The van der Waals surface area contributed by atoms with E-state index in [0.29, 0.717) is 24.5 Å². The third kappa shape index (κ3) is 6.75. The summed E-state index contributed by atoms with van der Waals surface area (Å²) in [6.07, 6.45) is 8.22. The highest BCUT2D eigenvalue weighted by Crippen LogP contribution is 2.35. The molecule has 2 aromatic rings. The van der Waals surface area contributed by atoms with Gasteiger partial charge in [0.15, 0.2) is 0 Å². The minimum atomic E-state index is -0.650. The van der Waals surface area contributed by atoms with Crippen LogP contribution in [-0.2, 0) is 16.0 Å². The largest absolute Gasteiger partial charge is 0.368 e. The standard InChI is InChI=1S/C27H37ClN6O2/c28-22-9-7-21(8-10-22)18-23(32-25(35)19-29)26(36)33-14-16-34(17-15-33)27(11-3-1-4-12-27)20-31-24-6-2-5-13-30-24/h2,5-10,13,23H,1,3-4,11-12,14-20,29H2,(H,30,31)(H,32,35). The van der Waals surface area contributed by atoms with Crippen LogP contribution < -0.4 is 16.4 Å². The zero-order valence-electron chi connectivity index (χ0n) is 20.8. The first-order chi connectivity index (χ1) is 17.5. The molecule has 1 aromatic heterocycles. The number of amides is 2. The first kappa shape index (κ1) is 26.4. The van der Waals surface area contributed by atoms with Crippen molar-refractivity contribution in [1.82, 2.24) is 20.1 Å². The van der Waals surface area contributed by atoms with Crippen LogP contribution in [0.1, 0.15) is 37.7 Å². The van der Waals surface area contributed by atoms with Crippen molar-refractivity contribution in [2.45, 2.75) is 50.1 Å². The number of aromatic nitrogens is 1. The van der Waals surface area contributed by atoms with Crippen LogP contribution >= 0.6 is 11.6 Å². The maximum absolute atomic E-state index is 13.5. The highest BCUT2D eigenvalue weighted by molar-refractivity contribution is 6.30. The highest BCUT2D eigenvalue weighted by Gasteiger charge is 2.40. The molecule has 1 aliphatic heterocycles. The normalized spacial score (nSPS) is 18.9. The first-order valence-electron chi connectivity index (χ1n) is 12.9. The van der Waals surface area contributed by atoms with Crippen LogP contribution in [0.25, 0.3) is 0 Å². The fourth-order valence-corrected chi connectivity index (χ4v) is 5.59. The van der Waals surface area contributed by atoms with Gasteiger partial charge in [0.1, 0.15) is 11.9 Å². The smallest absolute Gasteiger partial charge is 0.245 e. The molecule has 8 nitrogen and oxygen atoms in total. The van der Waals surface area contributed by atoms with Gasteiger partial charge >= 0.3 is 0 Å². The summed E-state index contributed by atoms with van der Waals surface area (Å²) in [6, 6.07) is 12.6. The van der Waals surface area contributed by atoms with Gasteiger partial charge in [0.05, 0.1) is 6.54 Å². The van der Waals surface area contributed by atoms with E-state index in [9.17, 15) is 9.59 Å². The quantitative estimate of drug-likeness (QED) is 0.477. The van der Waals surface area contributed by atoms with Crippen molar-refractivity contribution in [3.63, 3.8) is 0 Å². The molecule has 36 heavy (non-hydrogen) atoms. The van der Waals surface area contributed by atoms with Crippen molar-refractivity contribution >= 4 is 29.2 Å². The van der Waals surface area contributed by atoms with Crippen LogP contribution in [0.4, 0.5) is 5.82 Å². The summed E-state index contributed by atoms with van der Waals surface area (Å²) in [5.74, 6) is 0.510. The molecule has 1 unspecified atom stereocenters. The molecule has 194 valence electrons. The van der Waals surface area contributed by atoms with Gasteiger partial charge in [-0.3, -0.25) is 14.5 Å². The van der Waals surface area contributed by atoms with Crippen LogP contribution in [0.5, 0.6) is 0 Å². The topological polar surface area (TPSA) is 104 Å². The first-order valence-corrected chi connectivity index (χ1v) is 13.3. The van der Waals surface area contributed by atoms with Crippen LogP contribution in [0.15, 0.2) is 48.7 Å². The summed E-state index contributed by atoms with van der Waals surface area (Å²) >= 11 is 6.01. The molecule has 2 heterocycles. The van der Waals surface area contributed by atoms with E-state index in [-0.39, 0.29) is 23.9 Å². The molecule has 9 heteroatoms. The minimum absolute atomic E-state index is 0.0595. The number of pyridine rings is 1. The molecule has 1 aromatic carbocycles. The summed E-state index contributed by atoms with van der Waals surface area (Å²) in [5, 5.41) is 7.03. The second-order valence-electron chi connectivity index (χ2n) is 9.82. The van der Waals surface area contributed by atoms with Crippen molar-refractivity contribution in [3.05, 3.63) is 59.2 Å². The molecule has 4 N–H and O–H groups in total. The number of nitrogens with zero attached hydrogens (tertiary/aromatic N) is 3. The van der Waals surface area contributed by atoms with Crippen LogP contribution in [0.3, 0.4) is 0 Å². The molecule has 0 radical (unpaired) electrons. The molecular weight excluding hydrogens is 476 g/mol. The molecule has 1 saturated carbocycles. The van der Waals surface area contributed by atoms with Gasteiger partial charge in [-0.1, -0.05) is 49.1 Å². The van der Waals surface area contributed by atoms with Crippen molar-refractivity contribution in [2.75, 3.05) is 44.6 Å². The Kier molecular flexibility index (Phi) is 9.18. The lowest BCUT2D eigenvalue weighted by Crippen LogP contribution is -2.62. The van der Waals surface area contributed by atoms with E-state index in [0.717, 1.165) is 43.9 Å². The Morgan fingerprint density at radius 1 is 1.03 bits per heavy atom. The number of nitrogens with two attached hydrogens (primary N) is 1. The van der Waals surface area contributed by atoms with Gasteiger partial charge in [0.2, 0.25) is 11.8 Å². The van der Waals surface area contributed by atoms with E-state index in [4.69, 9.17) is 17.3 Å². The van der Waals surface area contributed by atoms with E-state index >= 15 is 0 Å². The molecule has 1 atom stereocenters. The lowest BCUT2D eigenvalue weighted by molar-refractivity contribution is -0.138. The van der Waals surface area contributed by atoms with E-state index in [1.807, 2.05) is 41.4 Å². The second kappa shape index (κ2) is 12.5. The zero-order valence-corrected chi connectivity index (χ0v) is 21.6. The lowest BCUT2D eigenvalue weighted by Gasteiger charge is -2.50. The molecule has 1 aliphatic carbocycles. The fraction of sp³-hybridized carbons (Fsp3) is 0.519. The number of carbonyl (C=O) groups excluding carboxylic acids is 2. The van der Waals surface area contributed by atoms with Gasteiger partial charge in [-0.05, 0) is 42.7 Å². The zero-order chi connectivity index (χ0) is 25.4. The lowest BCUT2D eigenvalue weighted by atomic mass is 9.79. The van der Waals surface area contributed by atoms with E-state index < -0.39 is 6.04 Å². The molecule has 2 aliphatic rings. The van der Waals surface area contributed by atoms with Gasteiger partial charge in [0.25, 0.3) is 0 Å². The Hall–Kier alpha value is -2.68. The number of hydrogen-bond donors (Lipinski definition) is 3. The van der Waals surface area contributed by atoms with Crippen molar-refractivity contribution in [1.29, 1.82) is 0 Å². The maximum Gasteiger partial charge on any atom is 0.245 e. The number of rotatable bonds is 9. The Balaban J connectivity index is 1.40. The SMILES string of the molecule is NCC(=O)NC(Cc1ccc(Cl)cc1)C(=O)N1CCN(C2(CNc3ccccn3)CCCCC2)CC1. The maximum atomic E-state index is 13.5. The number of benzene rings is 1. The van der Waals surface area contributed by atoms with Gasteiger partial charge in [0, 0.05) is 55.9 Å². The number of nitrogens with one attached hydrogen (secondary N) is 2. The molecular formula is C27H37ClN6O2. The van der Waals surface area contributed by atoms with E-state index in [2.05, 4.69) is 20.5 Å². The van der Waals surface area contributed by atoms with E-state index in [1.54, 1.807) is 12.1 Å². The summed E-state index contributed by atoms with van der Waals surface area (Å²) in [7, 11) is 0. The second-order valence-corrected chi connectivity index (χ2v) is 10.3. The van der Waals surface area contributed by atoms with Crippen LogP contribution in [0.2, 0.25) is 5.02 Å². The Labute approximate surface area is 218 Å². The third-order valence-electron chi connectivity index (χ3n) is 7.48. The van der Waals surface area contributed by atoms with Crippen LogP contribution in [-0.4, -0.2) is 77.4 Å². The van der Waals surface area contributed by atoms with Gasteiger partial charge in [-0.2, -0.15) is 0 Å². The van der Waals surface area contributed by atoms with Crippen molar-refractivity contribution < 1.29 is 9.59 Å². The average Bonchev–Trinajstić information content (AvgIpc) is 2.93. The number of anilines is 1. The van der Waals surface area contributed by atoms with Gasteiger partial charge in [-0.15, -0.1) is 0 Å². The molecule has 0 spiro atoms. The number of carbonyl (C=O) groups is 2. The van der Waals surface area contributed by atoms with Gasteiger partial charge in [-0.25, -0.2) is 4.98 Å². The van der Waals surface area contributed by atoms with Crippen molar-refractivity contribution in [3.8, 4) is 0 Å². The molecule has 2 amide bonds. The summed E-state index contributed by atoms with van der Waals surface area (Å²) in [4.78, 5) is 34.5. The van der Waals surface area contributed by atoms with Gasteiger partial charge < -0.3 is 21.3 Å². The fourth-order valence-electron chi connectivity index (χ4n) is 5.47. The monoisotopic (exact) mass is 512 g/mol. The number of halogens is 1. The van der Waals surface area contributed by atoms with Crippen molar-refractivity contribution in [2.24, 2.45) is 5.73 Å². The summed E-state index contributed by atoms with van der Waals surface area (Å²) in [6.45, 7) is 3.61. The number of piperazine rings is 1. The van der Waals surface area contributed by atoms with E-state index in [1.165, 1.54) is 19.3 Å². The molecule has 2 fully saturated rings. The predicted octanol–water partition coefficient (Wildman–Crippen LogP) is 2.68.